The van der Waals surface area contributed by atoms with Gasteiger partial charge in [-0.05, 0) is 19.4 Å². The van der Waals surface area contributed by atoms with Gasteiger partial charge in [-0.15, -0.1) is 0 Å². The van der Waals surface area contributed by atoms with Gasteiger partial charge < -0.3 is 16.2 Å². The van der Waals surface area contributed by atoms with Crippen LogP contribution in [0.25, 0.3) is 0 Å². The molecule has 0 aromatic heterocycles. The van der Waals surface area contributed by atoms with E-state index in [1.807, 2.05) is 0 Å². The predicted octanol–water partition coefficient (Wildman–Crippen LogP) is -0.367. The van der Waals surface area contributed by atoms with Crippen LogP contribution in [0.5, 0.6) is 0 Å². The molecule has 0 saturated carbocycles. The minimum Gasteiger partial charge on any atom is -0.396 e. The zero-order chi connectivity index (χ0) is 7.82. The zero-order valence-electron chi connectivity index (χ0n) is 5.92. The number of β-amino-alcohol motifs (C(OH)–C–C–N with tert-alkyl or cyclic N) is 1. The number of hydrogen-bond acceptors (Lipinski definition) is 3. The number of piperidine rings is 1. The van der Waals surface area contributed by atoms with Crippen LogP contribution in [0, 0.1) is 0 Å². The van der Waals surface area contributed by atoms with Crippen molar-refractivity contribution in [3.05, 3.63) is 0 Å². The van der Waals surface area contributed by atoms with E-state index in [2.05, 4.69) is 23.3 Å². The Morgan fingerprint density at radius 1 is 1.70 bits per heavy atom. The highest BCUT2D eigenvalue weighted by atomic mass is 32.1. The molecule has 4 heteroatoms. The first-order valence-corrected chi connectivity index (χ1v) is 3.82. The Labute approximate surface area is 66.6 Å². The highest BCUT2D eigenvalue weighted by Gasteiger charge is 2.06. The van der Waals surface area contributed by atoms with Crippen molar-refractivity contribution < 1.29 is 5.11 Å². The van der Waals surface area contributed by atoms with E-state index in [0.29, 0.717) is 0 Å². The monoisotopic (exact) mass is 162 g/mol. The van der Waals surface area contributed by atoms with Crippen molar-refractivity contribution in [3.8, 4) is 0 Å². The van der Waals surface area contributed by atoms with E-state index in [9.17, 15) is 0 Å². The second-order valence-electron chi connectivity index (χ2n) is 2.14. The summed E-state index contributed by atoms with van der Waals surface area (Å²) >= 11 is 4.05. The Balaban J connectivity index is 0.000000236. The third-order valence-corrected chi connectivity index (χ3v) is 1.27. The van der Waals surface area contributed by atoms with Gasteiger partial charge in [-0.1, -0.05) is 12.2 Å². The van der Waals surface area contributed by atoms with Crippen molar-refractivity contribution in [2.24, 2.45) is 5.73 Å². The van der Waals surface area contributed by atoms with Gasteiger partial charge in [0.1, 0.15) is 0 Å². The van der Waals surface area contributed by atoms with Gasteiger partial charge in [0, 0.05) is 6.54 Å². The quantitative estimate of drug-likeness (QED) is 0.425. The summed E-state index contributed by atoms with van der Waals surface area (Å²) in [6, 6.07) is 0. The van der Waals surface area contributed by atoms with Crippen LogP contribution in [0.15, 0.2) is 0 Å². The van der Waals surface area contributed by atoms with E-state index >= 15 is 0 Å². The van der Waals surface area contributed by atoms with Crippen LogP contribution in [0.3, 0.4) is 0 Å². The largest absolute Gasteiger partial charge is 0.396 e. The van der Waals surface area contributed by atoms with Crippen molar-refractivity contribution in [1.29, 1.82) is 0 Å². The molecule has 0 aromatic carbocycles. The predicted molar refractivity (Wildman–Crippen MR) is 46.0 cm³/mol. The van der Waals surface area contributed by atoms with Gasteiger partial charge >= 0.3 is 0 Å². The third-order valence-electron chi connectivity index (χ3n) is 1.27. The van der Waals surface area contributed by atoms with Gasteiger partial charge in [0.15, 0.2) is 0 Å². The fourth-order valence-corrected chi connectivity index (χ4v) is 0.833. The molecule has 0 radical (unpaired) electrons. The topological polar surface area (TPSA) is 58.3 Å². The molecule has 1 heterocycles. The molecular formula is C6H14N2OS. The Bertz CT molecular complexity index is 83.8. The fourth-order valence-electron chi connectivity index (χ4n) is 0.833. The first-order valence-electron chi connectivity index (χ1n) is 3.35. The van der Waals surface area contributed by atoms with Crippen molar-refractivity contribution in [2.75, 3.05) is 13.1 Å². The Morgan fingerprint density at radius 2 is 2.30 bits per heavy atom. The molecule has 1 atom stereocenters. The van der Waals surface area contributed by atoms with Crippen molar-refractivity contribution >= 4 is 17.7 Å². The molecule has 1 fully saturated rings. The highest BCUT2D eigenvalue weighted by Crippen LogP contribution is 1.98. The molecule has 0 unspecified atom stereocenters. The molecule has 1 rings (SSSR count). The molecule has 0 bridgehead atoms. The van der Waals surface area contributed by atoms with Gasteiger partial charge in [0.05, 0.1) is 11.6 Å². The molecular weight excluding hydrogens is 148 g/mol. The SMILES string of the molecule is NC=S.O[C@H]1CCCNC1. The zero-order valence-corrected chi connectivity index (χ0v) is 6.73. The fraction of sp³-hybridized carbons (Fsp3) is 0.833. The molecule has 0 amide bonds. The minimum absolute atomic E-state index is 0.0752. The van der Waals surface area contributed by atoms with Crippen LogP contribution in [-0.4, -0.2) is 29.8 Å². The maximum Gasteiger partial charge on any atom is 0.0665 e. The first kappa shape index (κ1) is 9.81. The van der Waals surface area contributed by atoms with Crippen LogP contribution in [0.2, 0.25) is 0 Å². The second kappa shape index (κ2) is 6.92. The number of aliphatic hydroxyl groups is 1. The number of aliphatic hydroxyl groups excluding tert-OH is 1. The van der Waals surface area contributed by atoms with Gasteiger partial charge in [0.2, 0.25) is 0 Å². The summed E-state index contributed by atoms with van der Waals surface area (Å²) in [5, 5.41) is 11.9. The average molecular weight is 162 g/mol. The van der Waals surface area contributed by atoms with E-state index < -0.39 is 0 Å². The molecule has 4 N–H and O–H groups in total. The third kappa shape index (κ3) is 5.94. The Kier molecular flexibility index (Phi) is 6.79. The van der Waals surface area contributed by atoms with Gasteiger partial charge in [-0.3, -0.25) is 0 Å². The lowest BCUT2D eigenvalue weighted by Crippen LogP contribution is -2.33. The summed E-state index contributed by atoms with van der Waals surface area (Å²) in [4.78, 5) is 0. The van der Waals surface area contributed by atoms with Crippen molar-refractivity contribution in [1.82, 2.24) is 5.32 Å². The second-order valence-corrected chi connectivity index (χ2v) is 2.41. The van der Waals surface area contributed by atoms with E-state index in [-0.39, 0.29) is 6.10 Å². The normalized spacial score (nSPS) is 24.3. The molecule has 3 nitrogen and oxygen atoms in total. The number of nitrogens with one attached hydrogen (secondary N) is 1. The van der Waals surface area contributed by atoms with Crippen LogP contribution in [-0.2, 0) is 0 Å². The van der Waals surface area contributed by atoms with Crippen LogP contribution < -0.4 is 11.1 Å². The van der Waals surface area contributed by atoms with Gasteiger partial charge in [0.25, 0.3) is 0 Å². The van der Waals surface area contributed by atoms with E-state index in [1.54, 1.807) is 0 Å². The summed E-state index contributed by atoms with van der Waals surface area (Å²) in [7, 11) is 0. The number of hydrogen-bond donors (Lipinski definition) is 3. The minimum atomic E-state index is -0.0752. The maximum absolute atomic E-state index is 8.85. The van der Waals surface area contributed by atoms with E-state index in [1.165, 1.54) is 0 Å². The molecule has 1 aliphatic heterocycles. The summed E-state index contributed by atoms with van der Waals surface area (Å²) in [5.74, 6) is 0. The molecule has 1 saturated heterocycles. The average Bonchev–Trinajstić information content (AvgIpc) is 1.91. The number of nitrogens with two attached hydrogens (primary N) is 1. The lowest BCUT2D eigenvalue weighted by molar-refractivity contribution is 0.142. The van der Waals surface area contributed by atoms with Crippen molar-refractivity contribution in [3.63, 3.8) is 0 Å². The van der Waals surface area contributed by atoms with E-state index in [4.69, 9.17) is 5.11 Å². The summed E-state index contributed by atoms with van der Waals surface area (Å²) in [6.45, 7) is 1.87. The summed E-state index contributed by atoms with van der Waals surface area (Å²) in [6.07, 6.45) is 2.03. The molecule has 0 aromatic rings. The van der Waals surface area contributed by atoms with Crippen molar-refractivity contribution in [2.45, 2.75) is 18.9 Å². The van der Waals surface area contributed by atoms with Crippen LogP contribution >= 0.6 is 12.2 Å². The Hall–Kier alpha value is -0.190. The smallest absolute Gasteiger partial charge is 0.0665 e. The van der Waals surface area contributed by atoms with E-state index in [0.717, 1.165) is 31.4 Å². The van der Waals surface area contributed by atoms with Gasteiger partial charge in [-0.2, -0.15) is 0 Å². The number of rotatable bonds is 0. The standard InChI is InChI=1S/C5H11NO.CH3NS/c7-5-2-1-3-6-4-5;2-1-3/h5-7H,1-4H2;1H,(H2,2,3)/t5-;/m0./s1. The number of thiocarbonyl (C=S) groups is 1. The first-order chi connectivity index (χ1) is 4.81. The maximum atomic E-state index is 8.85. The lowest BCUT2D eigenvalue weighted by atomic mass is 10.1. The molecule has 10 heavy (non-hydrogen) atoms. The summed E-state index contributed by atoms with van der Waals surface area (Å²) < 4.78 is 0. The molecule has 1 aliphatic rings. The molecule has 0 spiro atoms. The molecule has 60 valence electrons. The lowest BCUT2D eigenvalue weighted by Gasteiger charge is -2.16. The molecule has 0 aliphatic carbocycles. The highest BCUT2D eigenvalue weighted by molar-refractivity contribution is 7.78. The Morgan fingerprint density at radius 3 is 2.50 bits per heavy atom. The van der Waals surface area contributed by atoms with Crippen LogP contribution in [0.1, 0.15) is 12.8 Å². The van der Waals surface area contributed by atoms with Crippen LogP contribution in [0.4, 0.5) is 0 Å². The van der Waals surface area contributed by atoms with Gasteiger partial charge in [-0.25, -0.2) is 0 Å². The summed E-state index contributed by atoms with van der Waals surface area (Å²) in [5.41, 5.74) is 5.62.